The van der Waals surface area contributed by atoms with Gasteiger partial charge in [-0.25, -0.2) is 4.39 Å². The molecular formula is C13H10FN3O3. The Morgan fingerprint density at radius 3 is 2.45 bits per heavy atom. The fourth-order valence-corrected chi connectivity index (χ4v) is 1.57. The highest BCUT2D eigenvalue weighted by Crippen LogP contribution is 2.20. The molecule has 0 aliphatic rings. The van der Waals surface area contributed by atoms with Crippen molar-refractivity contribution in [3.05, 3.63) is 64.0 Å². The number of hydrogen-bond donors (Lipinski definition) is 2. The number of non-ortho nitro benzene ring substituents is 1. The summed E-state index contributed by atoms with van der Waals surface area (Å²) in [6, 6.07) is 8.65. The predicted molar refractivity (Wildman–Crippen MR) is 71.9 cm³/mol. The molecule has 20 heavy (non-hydrogen) atoms. The van der Waals surface area contributed by atoms with Crippen molar-refractivity contribution in [1.29, 1.82) is 0 Å². The quantitative estimate of drug-likeness (QED) is 0.511. The van der Waals surface area contributed by atoms with Gasteiger partial charge in [-0.15, -0.1) is 0 Å². The summed E-state index contributed by atoms with van der Waals surface area (Å²) in [5, 5.41) is 12.9. The maximum atomic E-state index is 13.1. The lowest BCUT2D eigenvalue weighted by Gasteiger charge is -2.08. The standard InChI is InChI=1S/C13H10FN3O3/c14-9-3-6-11(15)12(7-9)16-13(18)8-1-4-10(5-2-8)17(19)20/h1-7H,15H2,(H,16,18). The Morgan fingerprint density at radius 2 is 1.85 bits per heavy atom. The van der Waals surface area contributed by atoms with Gasteiger partial charge in [0.2, 0.25) is 0 Å². The van der Waals surface area contributed by atoms with E-state index in [1.54, 1.807) is 0 Å². The Kier molecular flexibility index (Phi) is 3.60. The summed E-state index contributed by atoms with van der Waals surface area (Å²) < 4.78 is 13.1. The minimum atomic E-state index is -0.563. The lowest BCUT2D eigenvalue weighted by Crippen LogP contribution is -2.13. The van der Waals surface area contributed by atoms with E-state index in [0.29, 0.717) is 0 Å². The molecule has 0 saturated heterocycles. The smallest absolute Gasteiger partial charge is 0.269 e. The second-order valence-electron chi connectivity index (χ2n) is 3.99. The van der Waals surface area contributed by atoms with E-state index in [0.717, 1.165) is 6.07 Å². The van der Waals surface area contributed by atoms with Gasteiger partial charge in [0.1, 0.15) is 5.82 Å². The third-order valence-electron chi connectivity index (χ3n) is 2.60. The average molecular weight is 275 g/mol. The third-order valence-corrected chi connectivity index (χ3v) is 2.60. The molecule has 0 aromatic heterocycles. The summed E-state index contributed by atoms with van der Waals surface area (Å²) in [5.41, 5.74) is 6.07. The highest BCUT2D eigenvalue weighted by molar-refractivity contribution is 6.05. The zero-order valence-corrected chi connectivity index (χ0v) is 10.2. The molecule has 0 bridgehead atoms. The molecule has 6 nitrogen and oxygen atoms in total. The molecule has 0 atom stereocenters. The largest absolute Gasteiger partial charge is 0.397 e. The number of anilines is 2. The molecule has 2 rings (SSSR count). The van der Waals surface area contributed by atoms with Gasteiger partial charge < -0.3 is 11.1 Å². The molecule has 102 valence electrons. The van der Waals surface area contributed by atoms with Crippen LogP contribution in [0.15, 0.2) is 42.5 Å². The summed E-state index contributed by atoms with van der Waals surface area (Å²) in [7, 11) is 0. The highest BCUT2D eigenvalue weighted by atomic mass is 19.1. The molecule has 1 amide bonds. The van der Waals surface area contributed by atoms with Crippen molar-refractivity contribution in [2.24, 2.45) is 0 Å². The normalized spacial score (nSPS) is 10.1. The minimum absolute atomic E-state index is 0.119. The van der Waals surface area contributed by atoms with Crippen LogP contribution in [0, 0.1) is 15.9 Å². The van der Waals surface area contributed by atoms with Crippen LogP contribution in [0.1, 0.15) is 10.4 Å². The van der Waals surface area contributed by atoms with Gasteiger partial charge >= 0.3 is 0 Å². The second kappa shape index (κ2) is 5.35. The van der Waals surface area contributed by atoms with Crippen molar-refractivity contribution in [3.63, 3.8) is 0 Å². The Bertz CT molecular complexity index is 671. The van der Waals surface area contributed by atoms with Crippen molar-refractivity contribution >= 4 is 23.0 Å². The molecular weight excluding hydrogens is 265 g/mol. The van der Waals surface area contributed by atoms with Gasteiger partial charge in [0.05, 0.1) is 16.3 Å². The number of rotatable bonds is 3. The van der Waals surface area contributed by atoms with Crippen molar-refractivity contribution in [1.82, 2.24) is 0 Å². The molecule has 0 aliphatic heterocycles. The van der Waals surface area contributed by atoms with Crippen molar-refractivity contribution in [2.45, 2.75) is 0 Å². The molecule has 3 N–H and O–H groups in total. The minimum Gasteiger partial charge on any atom is -0.397 e. The van der Waals surface area contributed by atoms with Crippen LogP contribution in [-0.2, 0) is 0 Å². The molecule has 0 unspecified atom stereocenters. The Hall–Kier alpha value is -2.96. The number of halogens is 1. The number of hydrogen-bond acceptors (Lipinski definition) is 4. The van der Waals surface area contributed by atoms with E-state index >= 15 is 0 Å². The van der Waals surface area contributed by atoms with Crippen molar-refractivity contribution in [2.75, 3.05) is 11.1 Å². The summed E-state index contributed by atoms with van der Waals surface area (Å²) in [5.74, 6) is -1.06. The van der Waals surface area contributed by atoms with Crippen molar-refractivity contribution < 1.29 is 14.1 Å². The first-order valence-electron chi connectivity index (χ1n) is 5.58. The second-order valence-corrected chi connectivity index (χ2v) is 3.99. The van der Waals surface area contributed by atoms with Gasteiger partial charge in [0.15, 0.2) is 0 Å². The number of nitrogens with two attached hydrogens (primary N) is 1. The highest BCUT2D eigenvalue weighted by Gasteiger charge is 2.11. The van der Waals surface area contributed by atoms with Crippen LogP contribution in [0.5, 0.6) is 0 Å². The fraction of sp³-hybridized carbons (Fsp3) is 0. The maximum Gasteiger partial charge on any atom is 0.269 e. The molecule has 0 aliphatic carbocycles. The fourth-order valence-electron chi connectivity index (χ4n) is 1.57. The Balaban J connectivity index is 2.19. The lowest BCUT2D eigenvalue weighted by molar-refractivity contribution is -0.384. The molecule has 0 fully saturated rings. The zero-order valence-electron chi connectivity index (χ0n) is 10.2. The van der Waals surface area contributed by atoms with E-state index in [-0.39, 0.29) is 22.6 Å². The first-order chi connectivity index (χ1) is 9.47. The van der Waals surface area contributed by atoms with E-state index in [1.807, 2.05) is 0 Å². The van der Waals surface area contributed by atoms with Gasteiger partial charge in [-0.3, -0.25) is 14.9 Å². The number of nitrogen functional groups attached to an aromatic ring is 1. The molecule has 0 spiro atoms. The van der Waals surface area contributed by atoms with Gasteiger partial charge in [-0.1, -0.05) is 0 Å². The summed E-state index contributed by atoms with van der Waals surface area (Å²) in [6.45, 7) is 0. The number of carbonyl (C=O) groups is 1. The van der Waals surface area contributed by atoms with Gasteiger partial charge in [0.25, 0.3) is 11.6 Å². The first kappa shape index (κ1) is 13.5. The Labute approximate surface area is 113 Å². The number of nitrogens with zero attached hydrogens (tertiary/aromatic N) is 1. The number of amides is 1. The first-order valence-corrected chi connectivity index (χ1v) is 5.58. The average Bonchev–Trinajstić information content (AvgIpc) is 2.43. The monoisotopic (exact) mass is 275 g/mol. The Morgan fingerprint density at radius 1 is 1.20 bits per heavy atom. The van der Waals surface area contributed by atoms with Crippen LogP contribution in [0.4, 0.5) is 21.5 Å². The molecule has 0 saturated carbocycles. The maximum absolute atomic E-state index is 13.1. The van der Waals surface area contributed by atoms with E-state index in [2.05, 4.69) is 5.32 Å². The van der Waals surface area contributed by atoms with Gasteiger partial charge in [-0.2, -0.15) is 0 Å². The van der Waals surface area contributed by atoms with E-state index in [9.17, 15) is 19.3 Å². The van der Waals surface area contributed by atoms with Crippen LogP contribution in [0.3, 0.4) is 0 Å². The SMILES string of the molecule is Nc1ccc(F)cc1NC(=O)c1ccc([N+](=O)[O-])cc1. The predicted octanol–water partition coefficient (Wildman–Crippen LogP) is 2.57. The number of nitro benzene ring substituents is 1. The summed E-state index contributed by atoms with van der Waals surface area (Å²) in [4.78, 5) is 21.8. The topological polar surface area (TPSA) is 98.3 Å². The molecule has 2 aromatic carbocycles. The summed E-state index contributed by atoms with van der Waals surface area (Å²) in [6.07, 6.45) is 0. The number of nitrogens with one attached hydrogen (secondary N) is 1. The molecule has 0 radical (unpaired) electrons. The summed E-state index contributed by atoms with van der Waals surface area (Å²) >= 11 is 0. The number of nitro groups is 1. The van der Waals surface area contributed by atoms with E-state index < -0.39 is 16.6 Å². The van der Waals surface area contributed by atoms with Crippen molar-refractivity contribution in [3.8, 4) is 0 Å². The zero-order chi connectivity index (χ0) is 14.7. The molecule has 7 heteroatoms. The van der Waals surface area contributed by atoms with Crippen LogP contribution < -0.4 is 11.1 Å². The van der Waals surface area contributed by atoms with Crippen LogP contribution in [0.2, 0.25) is 0 Å². The van der Waals surface area contributed by atoms with Crippen LogP contribution in [-0.4, -0.2) is 10.8 Å². The van der Waals surface area contributed by atoms with Crippen LogP contribution >= 0.6 is 0 Å². The number of benzene rings is 2. The van der Waals surface area contributed by atoms with E-state index in [4.69, 9.17) is 5.73 Å². The molecule has 0 heterocycles. The van der Waals surface area contributed by atoms with Gasteiger partial charge in [0, 0.05) is 17.7 Å². The third kappa shape index (κ3) is 2.89. The number of carbonyl (C=O) groups excluding carboxylic acids is 1. The van der Waals surface area contributed by atoms with Crippen LogP contribution in [0.25, 0.3) is 0 Å². The van der Waals surface area contributed by atoms with E-state index in [1.165, 1.54) is 36.4 Å². The lowest BCUT2D eigenvalue weighted by atomic mass is 10.2. The molecule has 2 aromatic rings. The van der Waals surface area contributed by atoms with Gasteiger partial charge in [-0.05, 0) is 30.3 Å².